The Morgan fingerprint density at radius 3 is 1.51 bits per heavy atom. The molecule has 0 saturated carbocycles. The molecule has 0 bridgehead atoms. The summed E-state index contributed by atoms with van der Waals surface area (Å²) in [6, 6.07) is 92.0. The highest BCUT2D eigenvalue weighted by Gasteiger charge is 2.27. The number of benzene rings is 11. The number of nitrogens with zero attached hydrogens (tertiary/aromatic N) is 2. The molecule has 11 aromatic carbocycles. The van der Waals surface area contributed by atoms with E-state index in [1.165, 1.54) is 43.8 Å². The summed E-state index contributed by atoms with van der Waals surface area (Å²) in [6.07, 6.45) is 0. The lowest BCUT2D eigenvalue weighted by atomic mass is 9.90. The topological polar surface area (TPSA) is 21.3 Å². The number of para-hydroxylation sites is 8. The highest BCUT2D eigenvalue weighted by atomic mass is 16.3. The third-order valence-electron chi connectivity index (χ3n) is 13.4. The van der Waals surface area contributed by atoms with Crippen molar-refractivity contribution in [3.63, 3.8) is 0 Å². The van der Waals surface area contributed by atoms with Gasteiger partial charge in [0.1, 0.15) is 11.2 Å². The summed E-state index contributed by atoms with van der Waals surface area (Å²) in [5.74, 6) is 0. The lowest BCUT2D eigenvalue weighted by Gasteiger charge is -2.32. The molecular weight excluding hydrogens is 813 g/mol. The Labute approximate surface area is 388 Å². The van der Waals surface area contributed by atoms with Crippen molar-refractivity contribution >= 4 is 71.6 Å². The minimum absolute atomic E-state index is 0.872. The SMILES string of the molecule is c1ccc(-c2cccc3cccc(-c4ccccc4N(c4ccccc4-c4cccc5c4oc4ccccc45)c4ccccc4-c4cccc5c6ccccc6n(-c6ccccc6)c45)c23)cc1. The van der Waals surface area contributed by atoms with Gasteiger partial charge >= 0.3 is 0 Å². The fourth-order valence-corrected chi connectivity index (χ4v) is 10.5. The average Bonchev–Trinajstić information content (AvgIpc) is 3.96. The van der Waals surface area contributed by atoms with Gasteiger partial charge in [0.2, 0.25) is 0 Å². The third-order valence-corrected chi connectivity index (χ3v) is 13.4. The van der Waals surface area contributed by atoms with Crippen molar-refractivity contribution in [2.45, 2.75) is 0 Å². The second kappa shape index (κ2) is 16.0. The molecule has 0 amide bonds. The van der Waals surface area contributed by atoms with Gasteiger partial charge < -0.3 is 13.9 Å². The number of furan rings is 1. The van der Waals surface area contributed by atoms with E-state index in [9.17, 15) is 0 Å². The number of anilines is 3. The maximum absolute atomic E-state index is 6.78. The van der Waals surface area contributed by atoms with Crippen molar-refractivity contribution in [1.29, 1.82) is 0 Å². The first-order chi connectivity index (χ1) is 33.3. The van der Waals surface area contributed by atoms with Crippen LogP contribution < -0.4 is 4.90 Å². The van der Waals surface area contributed by atoms with E-state index in [1.807, 2.05) is 6.07 Å². The van der Waals surface area contributed by atoms with Crippen LogP contribution in [0.5, 0.6) is 0 Å². The summed E-state index contributed by atoms with van der Waals surface area (Å²) in [5, 5.41) is 7.04. The summed E-state index contributed by atoms with van der Waals surface area (Å²) in [4.78, 5) is 2.50. The van der Waals surface area contributed by atoms with Crippen molar-refractivity contribution in [3.8, 4) is 50.2 Å². The van der Waals surface area contributed by atoms with Gasteiger partial charge in [0.05, 0.1) is 28.1 Å². The van der Waals surface area contributed by atoms with Gasteiger partial charge in [-0.1, -0.05) is 212 Å². The Hall–Kier alpha value is -8.92. The van der Waals surface area contributed by atoms with E-state index in [0.717, 1.165) is 78.0 Å². The maximum Gasteiger partial charge on any atom is 0.143 e. The molecular formula is C64H42N2O. The molecule has 13 rings (SSSR count). The smallest absolute Gasteiger partial charge is 0.143 e. The summed E-state index contributed by atoms with van der Waals surface area (Å²) >= 11 is 0. The summed E-state index contributed by atoms with van der Waals surface area (Å²) in [7, 11) is 0. The van der Waals surface area contributed by atoms with Crippen LogP contribution in [0, 0.1) is 0 Å². The molecule has 0 unspecified atom stereocenters. The van der Waals surface area contributed by atoms with Crippen LogP contribution in [0.1, 0.15) is 0 Å². The van der Waals surface area contributed by atoms with E-state index in [4.69, 9.17) is 4.42 Å². The second-order valence-electron chi connectivity index (χ2n) is 17.1. The molecule has 0 aliphatic heterocycles. The first-order valence-corrected chi connectivity index (χ1v) is 22.9. The molecule has 13 aromatic rings. The van der Waals surface area contributed by atoms with E-state index in [0.29, 0.717) is 0 Å². The molecule has 0 saturated heterocycles. The van der Waals surface area contributed by atoms with Gasteiger partial charge in [-0.3, -0.25) is 0 Å². The van der Waals surface area contributed by atoms with Gasteiger partial charge in [-0.25, -0.2) is 0 Å². The van der Waals surface area contributed by atoms with Crippen molar-refractivity contribution in [2.24, 2.45) is 0 Å². The first-order valence-electron chi connectivity index (χ1n) is 22.9. The molecule has 3 heteroatoms. The number of rotatable bonds is 8. The third kappa shape index (κ3) is 6.28. The molecule has 0 fully saturated rings. The lowest BCUT2D eigenvalue weighted by molar-refractivity contribution is 0.670. The zero-order chi connectivity index (χ0) is 44.3. The van der Waals surface area contributed by atoms with Gasteiger partial charge in [-0.05, 0) is 69.9 Å². The molecule has 0 aliphatic rings. The van der Waals surface area contributed by atoms with E-state index in [1.54, 1.807) is 0 Å². The molecule has 2 heterocycles. The van der Waals surface area contributed by atoms with Gasteiger partial charge in [0, 0.05) is 55.0 Å². The Balaban J connectivity index is 1.13. The van der Waals surface area contributed by atoms with Gasteiger partial charge in [0.15, 0.2) is 0 Å². The first kappa shape index (κ1) is 38.5. The Morgan fingerprint density at radius 1 is 0.313 bits per heavy atom. The normalized spacial score (nSPS) is 11.6. The Morgan fingerprint density at radius 2 is 0.791 bits per heavy atom. The van der Waals surface area contributed by atoms with Crippen molar-refractivity contribution in [3.05, 3.63) is 255 Å². The molecule has 0 N–H and O–H groups in total. The fourth-order valence-electron chi connectivity index (χ4n) is 10.5. The van der Waals surface area contributed by atoms with Crippen LogP contribution in [0.2, 0.25) is 0 Å². The van der Waals surface area contributed by atoms with Crippen LogP contribution in [-0.2, 0) is 0 Å². The van der Waals surface area contributed by atoms with Crippen LogP contribution in [-0.4, -0.2) is 4.57 Å². The highest BCUT2D eigenvalue weighted by Crippen LogP contribution is 2.51. The number of hydrogen-bond donors (Lipinski definition) is 0. The second-order valence-corrected chi connectivity index (χ2v) is 17.1. The largest absolute Gasteiger partial charge is 0.455 e. The average molecular weight is 855 g/mol. The zero-order valence-corrected chi connectivity index (χ0v) is 36.6. The van der Waals surface area contributed by atoms with E-state index < -0.39 is 0 Å². The predicted octanol–water partition coefficient (Wildman–Crippen LogP) is 18.0. The molecule has 3 nitrogen and oxygen atoms in total. The standard InChI is InChI=1S/C64H42N2O/c1-3-21-43(22-4-1)46-32-17-23-44-24-18-33-52(62(44)46)47-27-7-13-39-58(47)66(60-41-15-10-30-50(60)55-36-20-37-56-51-31-11-16-42-61(51)67-64(55)56)59-40-14-9-29-49(59)54-35-19-34-53-48-28-8-12-38-57(48)65(63(53)54)45-25-5-2-6-26-45/h1-42H. The number of fused-ring (bicyclic) bond motifs is 7. The zero-order valence-electron chi connectivity index (χ0n) is 36.6. The maximum atomic E-state index is 6.78. The number of hydrogen-bond acceptors (Lipinski definition) is 2. The van der Waals surface area contributed by atoms with Gasteiger partial charge in [-0.15, -0.1) is 0 Å². The van der Waals surface area contributed by atoms with Crippen LogP contribution >= 0.6 is 0 Å². The lowest BCUT2D eigenvalue weighted by Crippen LogP contribution is -2.14. The molecule has 0 spiro atoms. The van der Waals surface area contributed by atoms with Gasteiger partial charge in [-0.2, -0.15) is 0 Å². The van der Waals surface area contributed by atoms with Crippen molar-refractivity contribution in [1.82, 2.24) is 4.57 Å². The van der Waals surface area contributed by atoms with Crippen molar-refractivity contribution < 1.29 is 4.42 Å². The highest BCUT2D eigenvalue weighted by molar-refractivity contribution is 6.16. The van der Waals surface area contributed by atoms with E-state index >= 15 is 0 Å². The molecule has 314 valence electrons. The number of aromatic nitrogens is 1. The molecule has 0 radical (unpaired) electrons. The molecule has 2 aromatic heterocycles. The van der Waals surface area contributed by atoms with E-state index in [2.05, 4.69) is 258 Å². The fraction of sp³-hybridized carbons (Fsp3) is 0. The monoisotopic (exact) mass is 854 g/mol. The molecule has 0 atom stereocenters. The quantitative estimate of drug-likeness (QED) is 0.152. The minimum Gasteiger partial charge on any atom is -0.455 e. The summed E-state index contributed by atoms with van der Waals surface area (Å²) in [6.45, 7) is 0. The Kier molecular flexibility index (Phi) is 9.17. The summed E-state index contributed by atoms with van der Waals surface area (Å²) < 4.78 is 9.22. The summed E-state index contributed by atoms with van der Waals surface area (Å²) in [5.41, 5.74) is 17.4. The van der Waals surface area contributed by atoms with Crippen LogP contribution in [0.4, 0.5) is 17.1 Å². The molecule has 0 aliphatic carbocycles. The minimum atomic E-state index is 0.872. The van der Waals surface area contributed by atoms with E-state index in [-0.39, 0.29) is 0 Å². The van der Waals surface area contributed by atoms with Gasteiger partial charge in [0.25, 0.3) is 0 Å². The Bertz CT molecular complexity index is 3990. The van der Waals surface area contributed by atoms with Crippen LogP contribution in [0.15, 0.2) is 259 Å². The van der Waals surface area contributed by atoms with Crippen molar-refractivity contribution in [2.75, 3.05) is 4.90 Å². The van der Waals surface area contributed by atoms with Crippen LogP contribution in [0.3, 0.4) is 0 Å². The predicted molar refractivity (Wildman–Crippen MR) is 282 cm³/mol. The molecule has 67 heavy (non-hydrogen) atoms. The van der Waals surface area contributed by atoms with Crippen LogP contribution in [0.25, 0.3) is 105 Å².